The maximum absolute atomic E-state index is 12.5. The van der Waals surface area contributed by atoms with Gasteiger partial charge >= 0.3 is 11.9 Å². The third-order valence-corrected chi connectivity index (χ3v) is 5.68. The van der Waals surface area contributed by atoms with E-state index in [0.29, 0.717) is 12.0 Å². The summed E-state index contributed by atoms with van der Waals surface area (Å²) in [5.41, 5.74) is 1.61. The van der Waals surface area contributed by atoms with E-state index in [1.165, 1.54) is 14.0 Å². The van der Waals surface area contributed by atoms with Crippen molar-refractivity contribution < 1.29 is 28.6 Å². The quantitative estimate of drug-likeness (QED) is 0.720. The van der Waals surface area contributed by atoms with Gasteiger partial charge < -0.3 is 14.2 Å². The van der Waals surface area contributed by atoms with Crippen molar-refractivity contribution in [3.63, 3.8) is 0 Å². The van der Waals surface area contributed by atoms with Gasteiger partial charge in [-0.25, -0.2) is 4.79 Å². The number of hydrogen-bond donors (Lipinski definition) is 0. The molecule has 3 rings (SSSR count). The maximum atomic E-state index is 12.5. The molecule has 0 aromatic heterocycles. The predicted molar refractivity (Wildman–Crippen MR) is 83.7 cm³/mol. The van der Waals surface area contributed by atoms with Crippen LogP contribution < -0.4 is 0 Å². The molecule has 0 aromatic rings. The first-order valence-electron chi connectivity index (χ1n) is 8.02. The molecule has 3 aliphatic rings. The van der Waals surface area contributed by atoms with Crippen LogP contribution in [0.5, 0.6) is 0 Å². The van der Waals surface area contributed by atoms with E-state index in [9.17, 15) is 14.4 Å². The summed E-state index contributed by atoms with van der Waals surface area (Å²) in [6, 6.07) is 0. The molecule has 4 unspecified atom stereocenters. The SMILES string of the molecule is COC12CC3(C)C(CC1=C(C)C(=O)O2)C(C)=CC(=O)C3OC(C)=O. The molecular formula is C18H22O6. The van der Waals surface area contributed by atoms with Crippen LogP contribution in [0.15, 0.2) is 22.8 Å². The average Bonchev–Trinajstić information content (AvgIpc) is 2.73. The Kier molecular flexibility index (Phi) is 3.71. The van der Waals surface area contributed by atoms with Crippen molar-refractivity contribution in [2.45, 2.75) is 52.4 Å². The first kappa shape index (κ1) is 16.9. The number of allylic oxidation sites excluding steroid dienone is 1. The standard InChI is InChI=1S/C18H22O6/c1-9-6-14(20)15(23-11(3)19)17(4)8-18(22-5)13(7-12(9)17)10(2)16(21)24-18/h6,12,15H,7-8H2,1-5H3. The lowest BCUT2D eigenvalue weighted by atomic mass is 9.56. The van der Waals surface area contributed by atoms with Crippen LogP contribution in [-0.4, -0.2) is 36.7 Å². The van der Waals surface area contributed by atoms with E-state index in [-0.39, 0.29) is 18.1 Å². The van der Waals surface area contributed by atoms with Crippen LogP contribution in [-0.2, 0) is 28.6 Å². The van der Waals surface area contributed by atoms with Crippen molar-refractivity contribution in [2.24, 2.45) is 11.3 Å². The van der Waals surface area contributed by atoms with E-state index < -0.39 is 29.2 Å². The van der Waals surface area contributed by atoms with E-state index in [0.717, 1.165) is 11.1 Å². The number of ether oxygens (including phenoxy) is 3. The van der Waals surface area contributed by atoms with Gasteiger partial charge in [0.25, 0.3) is 0 Å². The van der Waals surface area contributed by atoms with Gasteiger partial charge in [-0.05, 0) is 32.3 Å². The van der Waals surface area contributed by atoms with Crippen LogP contribution in [0.1, 0.15) is 40.5 Å². The summed E-state index contributed by atoms with van der Waals surface area (Å²) < 4.78 is 16.5. The van der Waals surface area contributed by atoms with Crippen molar-refractivity contribution in [3.8, 4) is 0 Å². The zero-order chi connectivity index (χ0) is 17.9. The highest BCUT2D eigenvalue weighted by atomic mass is 16.7. The van der Waals surface area contributed by atoms with E-state index in [1.807, 2.05) is 13.8 Å². The Bertz CT molecular complexity index is 702. The summed E-state index contributed by atoms with van der Waals surface area (Å²) in [5, 5.41) is 0. The molecule has 4 atom stereocenters. The van der Waals surface area contributed by atoms with Gasteiger partial charge in [0.1, 0.15) is 0 Å². The minimum Gasteiger partial charge on any atom is -0.454 e. The molecule has 2 aliphatic carbocycles. The molecule has 1 fully saturated rings. The third kappa shape index (κ3) is 2.16. The Balaban J connectivity index is 2.12. The minimum absolute atomic E-state index is 0.0257. The Morgan fingerprint density at radius 3 is 2.58 bits per heavy atom. The second kappa shape index (κ2) is 5.28. The van der Waals surface area contributed by atoms with Gasteiger partial charge in [-0.15, -0.1) is 0 Å². The van der Waals surface area contributed by atoms with Gasteiger partial charge in [0.05, 0.1) is 0 Å². The molecular weight excluding hydrogens is 312 g/mol. The van der Waals surface area contributed by atoms with Crippen molar-refractivity contribution in [3.05, 3.63) is 22.8 Å². The monoisotopic (exact) mass is 334 g/mol. The molecule has 0 saturated heterocycles. The number of methoxy groups -OCH3 is 1. The molecule has 6 nitrogen and oxygen atoms in total. The van der Waals surface area contributed by atoms with Crippen molar-refractivity contribution in [1.82, 2.24) is 0 Å². The van der Waals surface area contributed by atoms with Crippen LogP contribution in [0.4, 0.5) is 0 Å². The highest BCUT2D eigenvalue weighted by Crippen LogP contribution is 2.58. The Hall–Kier alpha value is -1.95. The summed E-state index contributed by atoms with van der Waals surface area (Å²) in [5.74, 6) is -2.34. The Morgan fingerprint density at radius 2 is 2.00 bits per heavy atom. The highest BCUT2D eigenvalue weighted by Gasteiger charge is 2.62. The van der Waals surface area contributed by atoms with E-state index >= 15 is 0 Å². The molecule has 0 aromatic carbocycles. The number of hydrogen-bond acceptors (Lipinski definition) is 6. The fraction of sp³-hybridized carbons (Fsp3) is 0.611. The fourth-order valence-corrected chi connectivity index (χ4v) is 4.49. The zero-order valence-electron chi connectivity index (χ0n) is 14.6. The number of ketones is 1. The van der Waals surface area contributed by atoms with Crippen molar-refractivity contribution in [2.75, 3.05) is 7.11 Å². The van der Waals surface area contributed by atoms with Crippen LogP contribution >= 0.6 is 0 Å². The summed E-state index contributed by atoms with van der Waals surface area (Å²) >= 11 is 0. The summed E-state index contributed by atoms with van der Waals surface area (Å²) in [6.07, 6.45) is 1.45. The molecule has 0 N–H and O–H groups in total. The first-order chi connectivity index (χ1) is 11.1. The first-order valence-corrected chi connectivity index (χ1v) is 8.02. The van der Waals surface area contributed by atoms with Crippen LogP contribution in [0.3, 0.4) is 0 Å². The normalized spacial score (nSPS) is 38.3. The lowest BCUT2D eigenvalue weighted by Crippen LogP contribution is -2.57. The van der Waals surface area contributed by atoms with Gasteiger partial charge in [-0.2, -0.15) is 0 Å². The second-order valence-corrected chi connectivity index (χ2v) is 7.17. The van der Waals surface area contributed by atoms with Crippen LogP contribution in [0, 0.1) is 11.3 Å². The number of carbonyl (C=O) groups is 3. The molecule has 0 bridgehead atoms. The van der Waals surface area contributed by atoms with Gasteiger partial charge in [-0.3, -0.25) is 9.59 Å². The van der Waals surface area contributed by atoms with Gasteiger partial charge in [-0.1, -0.05) is 12.5 Å². The van der Waals surface area contributed by atoms with E-state index in [1.54, 1.807) is 13.0 Å². The van der Waals surface area contributed by atoms with Crippen molar-refractivity contribution >= 4 is 17.7 Å². The second-order valence-electron chi connectivity index (χ2n) is 7.17. The van der Waals surface area contributed by atoms with Crippen LogP contribution in [0.2, 0.25) is 0 Å². The Morgan fingerprint density at radius 1 is 1.33 bits per heavy atom. The molecule has 0 radical (unpaired) electrons. The zero-order valence-corrected chi connectivity index (χ0v) is 14.6. The smallest absolute Gasteiger partial charge is 0.336 e. The van der Waals surface area contributed by atoms with Gasteiger partial charge in [0, 0.05) is 37.0 Å². The molecule has 6 heteroatoms. The van der Waals surface area contributed by atoms with Crippen molar-refractivity contribution in [1.29, 1.82) is 0 Å². The van der Waals surface area contributed by atoms with Gasteiger partial charge in [0.2, 0.25) is 5.79 Å². The van der Waals surface area contributed by atoms with Gasteiger partial charge in [0.15, 0.2) is 11.9 Å². The fourth-order valence-electron chi connectivity index (χ4n) is 4.49. The number of fused-ring (bicyclic) bond motifs is 2. The van der Waals surface area contributed by atoms with E-state index in [2.05, 4.69) is 0 Å². The Labute approximate surface area is 140 Å². The lowest BCUT2D eigenvalue weighted by Gasteiger charge is -2.52. The summed E-state index contributed by atoms with van der Waals surface area (Å²) in [6.45, 7) is 6.82. The number of carbonyl (C=O) groups excluding carboxylic acids is 3. The predicted octanol–water partition coefficient (Wildman–Crippen LogP) is 2.08. The number of esters is 2. The topological polar surface area (TPSA) is 78.9 Å². The number of rotatable bonds is 2. The molecule has 1 aliphatic heterocycles. The summed E-state index contributed by atoms with van der Waals surface area (Å²) in [7, 11) is 1.49. The third-order valence-electron chi connectivity index (χ3n) is 5.68. The molecule has 1 saturated carbocycles. The molecule has 0 spiro atoms. The highest BCUT2D eigenvalue weighted by molar-refractivity contribution is 5.97. The lowest BCUT2D eigenvalue weighted by molar-refractivity contribution is -0.225. The molecule has 24 heavy (non-hydrogen) atoms. The minimum atomic E-state index is -1.18. The summed E-state index contributed by atoms with van der Waals surface area (Å²) in [4.78, 5) is 36.1. The van der Waals surface area contributed by atoms with E-state index in [4.69, 9.17) is 14.2 Å². The van der Waals surface area contributed by atoms with Crippen LogP contribution in [0.25, 0.3) is 0 Å². The largest absolute Gasteiger partial charge is 0.454 e. The molecule has 0 amide bonds. The molecule has 1 heterocycles. The molecule has 130 valence electrons. The average molecular weight is 334 g/mol. The maximum Gasteiger partial charge on any atom is 0.336 e.